The Bertz CT molecular complexity index is 602. The Hall–Kier alpha value is -1.52. The lowest BCUT2D eigenvalue weighted by Crippen LogP contribution is -2.19. The Balaban J connectivity index is 2.51. The number of hydrogen-bond donors (Lipinski definition) is 1. The molecule has 5 heteroatoms. The van der Waals surface area contributed by atoms with Crippen molar-refractivity contribution in [3.05, 3.63) is 63.9 Å². The van der Waals surface area contributed by atoms with E-state index in [9.17, 15) is 8.78 Å². The van der Waals surface area contributed by atoms with Crippen LogP contribution in [0.5, 0.6) is 0 Å². The summed E-state index contributed by atoms with van der Waals surface area (Å²) in [5.41, 5.74) is 1.92. The van der Waals surface area contributed by atoms with Crippen molar-refractivity contribution < 1.29 is 8.78 Å². The Labute approximate surface area is 115 Å². The van der Waals surface area contributed by atoms with E-state index in [1.165, 1.54) is 0 Å². The number of nitrogens with zero attached hydrogens (tertiary/aromatic N) is 1. The third kappa shape index (κ3) is 2.91. The molecule has 0 fully saturated rings. The van der Waals surface area contributed by atoms with Crippen LogP contribution in [0, 0.1) is 18.6 Å². The first-order chi connectivity index (χ1) is 9.02. The van der Waals surface area contributed by atoms with E-state index in [0.717, 1.165) is 23.3 Å². The smallest absolute Gasteiger partial charge is 0.142 e. The summed E-state index contributed by atoms with van der Waals surface area (Å²) in [5.74, 6) is -1.19. The first-order valence-corrected chi connectivity index (χ1v) is 6.14. The van der Waals surface area contributed by atoms with Crippen molar-refractivity contribution in [3.8, 4) is 0 Å². The van der Waals surface area contributed by atoms with E-state index in [-0.39, 0.29) is 10.6 Å². The molecule has 0 spiro atoms. The van der Waals surface area contributed by atoms with Gasteiger partial charge in [0.25, 0.3) is 0 Å². The van der Waals surface area contributed by atoms with Crippen LogP contribution in [0.3, 0.4) is 0 Å². The second-order valence-corrected chi connectivity index (χ2v) is 4.71. The van der Waals surface area contributed by atoms with Crippen molar-refractivity contribution in [1.82, 2.24) is 10.3 Å². The Kier molecular flexibility index (Phi) is 4.12. The van der Waals surface area contributed by atoms with Gasteiger partial charge in [0.2, 0.25) is 0 Å². The minimum Gasteiger partial charge on any atom is -0.309 e. The van der Waals surface area contributed by atoms with Gasteiger partial charge in [0.05, 0.1) is 11.1 Å². The maximum absolute atomic E-state index is 13.9. The van der Waals surface area contributed by atoms with Crippen molar-refractivity contribution in [2.45, 2.75) is 13.0 Å². The lowest BCUT2D eigenvalue weighted by molar-refractivity contribution is 0.558. The van der Waals surface area contributed by atoms with Crippen molar-refractivity contribution in [2.24, 2.45) is 0 Å². The zero-order valence-corrected chi connectivity index (χ0v) is 11.3. The molecule has 0 amide bonds. The zero-order chi connectivity index (χ0) is 14.0. The van der Waals surface area contributed by atoms with Crippen molar-refractivity contribution in [1.29, 1.82) is 0 Å². The standard InChI is InChI=1S/C14H13ClF2N2/c1-8-3-9(7-19-6-8)14(18-2)10-4-13(17)11(15)5-12(10)16/h3-7,14,18H,1-2H3. The fourth-order valence-electron chi connectivity index (χ4n) is 2.00. The average Bonchev–Trinajstić information content (AvgIpc) is 2.36. The Morgan fingerprint density at radius 2 is 1.89 bits per heavy atom. The van der Waals surface area contributed by atoms with E-state index in [4.69, 9.17) is 11.6 Å². The van der Waals surface area contributed by atoms with Crippen LogP contribution in [0.15, 0.2) is 30.6 Å². The number of benzene rings is 1. The molecule has 0 aliphatic carbocycles. The van der Waals surface area contributed by atoms with Gasteiger partial charge in [-0.2, -0.15) is 0 Å². The van der Waals surface area contributed by atoms with Crippen LogP contribution in [0.1, 0.15) is 22.7 Å². The predicted octanol–water partition coefficient (Wildman–Crippen LogP) is 3.63. The fourth-order valence-corrected chi connectivity index (χ4v) is 2.15. The first kappa shape index (κ1) is 13.9. The number of nitrogens with one attached hydrogen (secondary N) is 1. The molecule has 0 saturated heterocycles. The van der Waals surface area contributed by atoms with Crippen molar-refractivity contribution >= 4 is 11.6 Å². The summed E-state index contributed by atoms with van der Waals surface area (Å²) in [7, 11) is 1.68. The summed E-state index contributed by atoms with van der Waals surface area (Å²) in [6.45, 7) is 1.89. The van der Waals surface area contributed by atoms with Gasteiger partial charge in [-0.25, -0.2) is 8.78 Å². The van der Waals surface area contributed by atoms with Gasteiger partial charge >= 0.3 is 0 Å². The molecule has 1 unspecified atom stereocenters. The predicted molar refractivity (Wildman–Crippen MR) is 71.2 cm³/mol. The molecular formula is C14H13ClF2N2. The molecule has 1 aromatic heterocycles. The number of aryl methyl sites for hydroxylation is 1. The van der Waals surface area contributed by atoms with E-state index in [1.807, 2.05) is 13.0 Å². The van der Waals surface area contributed by atoms with Gasteiger partial charge in [-0.15, -0.1) is 0 Å². The molecule has 100 valence electrons. The highest BCUT2D eigenvalue weighted by Crippen LogP contribution is 2.28. The Morgan fingerprint density at radius 1 is 1.16 bits per heavy atom. The van der Waals surface area contributed by atoms with Crippen LogP contribution < -0.4 is 5.32 Å². The van der Waals surface area contributed by atoms with Gasteiger partial charge in [-0.1, -0.05) is 17.7 Å². The number of hydrogen-bond acceptors (Lipinski definition) is 2. The van der Waals surface area contributed by atoms with E-state index >= 15 is 0 Å². The third-order valence-corrected chi connectivity index (χ3v) is 3.16. The number of rotatable bonds is 3. The maximum Gasteiger partial charge on any atom is 0.142 e. The highest BCUT2D eigenvalue weighted by molar-refractivity contribution is 6.30. The van der Waals surface area contributed by atoms with Crippen molar-refractivity contribution in [3.63, 3.8) is 0 Å². The molecule has 1 N–H and O–H groups in total. The molecule has 0 aliphatic heterocycles. The molecule has 2 nitrogen and oxygen atoms in total. The van der Waals surface area contributed by atoms with Crippen LogP contribution in [0.4, 0.5) is 8.78 Å². The largest absolute Gasteiger partial charge is 0.309 e. The maximum atomic E-state index is 13.9. The highest BCUT2D eigenvalue weighted by atomic mass is 35.5. The quantitative estimate of drug-likeness (QED) is 0.870. The van der Waals surface area contributed by atoms with Crippen LogP contribution in [0.2, 0.25) is 5.02 Å². The SMILES string of the molecule is CNC(c1cncc(C)c1)c1cc(F)c(Cl)cc1F. The number of pyridine rings is 1. The second-order valence-electron chi connectivity index (χ2n) is 4.31. The van der Waals surface area contributed by atoms with Gasteiger partial charge in [0.1, 0.15) is 11.6 Å². The normalized spacial score (nSPS) is 12.5. The van der Waals surface area contributed by atoms with E-state index in [1.54, 1.807) is 19.4 Å². The number of halogens is 3. The third-order valence-electron chi connectivity index (χ3n) is 2.87. The summed E-state index contributed by atoms with van der Waals surface area (Å²) in [6, 6.07) is 3.50. The molecular weight excluding hydrogens is 270 g/mol. The van der Waals surface area contributed by atoms with E-state index in [2.05, 4.69) is 10.3 Å². The molecule has 0 radical (unpaired) electrons. The van der Waals surface area contributed by atoms with Crippen molar-refractivity contribution in [2.75, 3.05) is 7.05 Å². The summed E-state index contributed by atoms with van der Waals surface area (Å²) < 4.78 is 27.5. The van der Waals surface area contributed by atoms with Crippen LogP contribution in [-0.4, -0.2) is 12.0 Å². The minimum absolute atomic E-state index is 0.205. The molecule has 0 aliphatic rings. The summed E-state index contributed by atoms with van der Waals surface area (Å²) >= 11 is 5.56. The molecule has 1 aromatic carbocycles. The van der Waals surface area contributed by atoms with Crippen LogP contribution in [-0.2, 0) is 0 Å². The molecule has 19 heavy (non-hydrogen) atoms. The highest BCUT2D eigenvalue weighted by Gasteiger charge is 2.19. The first-order valence-electron chi connectivity index (χ1n) is 5.76. The zero-order valence-electron chi connectivity index (χ0n) is 10.5. The lowest BCUT2D eigenvalue weighted by Gasteiger charge is -2.18. The fraction of sp³-hybridized carbons (Fsp3) is 0.214. The molecule has 2 aromatic rings. The van der Waals surface area contributed by atoms with Gasteiger partial charge in [0.15, 0.2) is 0 Å². The topological polar surface area (TPSA) is 24.9 Å². The van der Waals surface area contributed by atoms with Crippen LogP contribution in [0.25, 0.3) is 0 Å². The Morgan fingerprint density at radius 3 is 2.53 bits per heavy atom. The summed E-state index contributed by atoms with van der Waals surface area (Å²) in [4.78, 5) is 4.07. The summed E-state index contributed by atoms with van der Waals surface area (Å²) in [6.07, 6.45) is 3.33. The average molecular weight is 283 g/mol. The second kappa shape index (κ2) is 5.63. The van der Waals surface area contributed by atoms with Gasteiger partial charge in [-0.3, -0.25) is 4.98 Å². The number of aromatic nitrogens is 1. The van der Waals surface area contributed by atoms with Crippen LogP contribution >= 0.6 is 11.6 Å². The van der Waals surface area contributed by atoms with E-state index in [0.29, 0.717) is 0 Å². The molecule has 1 heterocycles. The van der Waals surface area contributed by atoms with Gasteiger partial charge < -0.3 is 5.32 Å². The lowest BCUT2D eigenvalue weighted by atomic mass is 9.99. The van der Waals surface area contributed by atoms with Gasteiger partial charge in [0, 0.05) is 18.0 Å². The summed E-state index contributed by atoms with van der Waals surface area (Å²) in [5, 5.41) is 2.74. The van der Waals surface area contributed by atoms with Gasteiger partial charge in [-0.05, 0) is 37.2 Å². The molecule has 0 saturated carbocycles. The van der Waals surface area contributed by atoms with E-state index < -0.39 is 17.7 Å². The molecule has 0 bridgehead atoms. The monoisotopic (exact) mass is 282 g/mol. The molecule has 1 atom stereocenters. The molecule has 2 rings (SSSR count). The minimum atomic E-state index is -0.640.